The maximum atomic E-state index is 9.07. The molecule has 1 N–H and O–H groups in total. The molecule has 1 aromatic rings. The zero-order chi connectivity index (χ0) is 13.0. The number of aryl methyl sites for hydroxylation is 2. The molecule has 0 amide bonds. The van der Waals surface area contributed by atoms with Gasteiger partial charge in [-0.15, -0.1) is 0 Å². The number of piperazine rings is 1. The molecule has 1 saturated heterocycles. The monoisotopic (exact) mass is 243 g/mol. The quantitative estimate of drug-likeness (QED) is 0.884. The lowest BCUT2D eigenvalue weighted by Crippen LogP contribution is -2.45. The van der Waals surface area contributed by atoms with Crippen molar-refractivity contribution in [1.29, 1.82) is 5.26 Å². The highest BCUT2D eigenvalue weighted by atomic mass is 15.2. The summed E-state index contributed by atoms with van der Waals surface area (Å²) in [5, 5.41) is 12.4. The molecule has 0 saturated carbocycles. The molecule has 1 heterocycles. The fraction of sp³-hybridized carbons (Fsp3) is 0.533. The molecule has 3 heteroatoms. The van der Waals surface area contributed by atoms with E-state index in [0.717, 1.165) is 26.2 Å². The van der Waals surface area contributed by atoms with Crippen molar-refractivity contribution in [3.63, 3.8) is 0 Å². The Bertz CT molecular complexity index is 421. The minimum atomic E-state index is 0.246. The Morgan fingerprint density at radius 1 is 1.22 bits per heavy atom. The second kappa shape index (κ2) is 5.99. The van der Waals surface area contributed by atoms with Crippen molar-refractivity contribution < 1.29 is 0 Å². The number of nitrogens with zero attached hydrogens (tertiary/aromatic N) is 2. The van der Waals surface area contributed by atoms with Gasteiger partial charge in [0.25, 0.3) is 0 Å². The summed E-state index contributed by atoms with van der Waals surface area (Å²) < 4.78 is 0. The fourth-order valence-corrected chi connectivity index (χ4v) is 2.74. The Morgan fingerprint density at radius 2 is 1.83 bits per heavy atom. The molecule has 0 radical (unpaired) electrons. The van der Waals surface area contributed by atoms with Crippen LogP contribution in [0.15, 0.2) is 18.2 Å². The minimum Gasteiger partial charge on any atom is -0.314 e. The third-order valence-corrected chi connectivity index (χ3v) is 3.51. The second-order valence-electron chi connectivity index (χ2n) is 5.09. The first kappa shape index (κ1) is 13.1. The van der Waals surface area contributed by atoms with Gasteiger partial charge in [-0.25, -0.2) is 0 Å². The highest BCUT2D eigenvalue weighted by Crippen LogP contribution is 2.26. The summed E-state index contributed by atoms with van der Waals surface area (Å²) in [6.45, 7) is 8.34. The van der Waals surface area contributed by atoms with E-state index in [0.29, 0.717) is 6.42 Å². The summed E-state index contributed by atoms with van der Waals surface area (Å²) in [4.78, 5) is 2.42. The SMILES string of the molecule is Cc1cc(C)cc([C@H](CC#N)N2CCNCC2)c1. The van der Waals surface area contributed by atoms with Gasteiger partial charge in [0.05, 0.1) is 12.5 Å². The van der Waals surface area contributed by atoms with Crippen LogP contribution in [0.2, 0.25) is 0 Å². The number of hydrogen-bond donors (Lipinski definition) is 1. The van der Waals surface area contributed by atoms with Crippen molar-refractivity contribution in [2.75, 3.05) is 26.2 Å². The largest absolute Gasteiger partial charge is 0.314 e. The number of benzene rings is 1. The van der Waals surface area contributed by atoms with Crippen molar-refractivity contribution in [2.45, 2.75) is 26.3 Å². The predicted octanol–water partition coefficient (Wildman–Crippen LogP) is 2.16. The van der Waals surface area contributed by atoms with Crippen molar-refractivity contribution in [1.82, 2.24) is 10.2 Å². The van der Waals surface area contributed by atoms with E-state index in [-0.39, 0.29) is 6.04 Å². The lowest BCUT2D eigenvalue weighted by molar-refractivity contribution is 0.175. The van der Waals surface area contributed by atoms with E-state index >= 15 is 0 Å². The maximum Gasteiger partial charge on any atom is 0.0641 e. The van der Waals surface area contributed by atoms with Crippen LogP contribution in [0.1, 0.15) is 29.2 Å². The van der Waals surface area contributed by atoms with Gasteiger partial charge in [0.1, 0.15) is 0 Å². The maximum absolute atomic E-state index is 9.07. The molecule has 1 aromatic carbocycles. The zero-order valence-corrected chi connectivity index (χ0v) is 11.2. The highest BCUT2D eigenvalue weighted by Gasteiger charge is 2.22. The Kier molecular flexibility index (Phi) is 4.35. The first-order valence-corrected chi connectivity index (χ1v) is 6.60. The number of hydrogen-bond acceptors (Lipinski definition) is 3. The van der Waals surface area contributed by atoms with Crippen LogP contribution in [0, 0.1) is 25.2 Å². The Labute approximate surface area is 109 Å². The molecule has 1 aliphatic heterocycles. The molecule has 1 fully saturated rings. The number of rotatable bonds is 3. The number of nitriles is 1. The van der Waals surface area contributed by atoms with Crippen LogP contribution in [0.4, 0.5) is 0 Å². The smallest absolute Gasteiger partial charge is 0.0641 e. The molecule has 0 unspecified atom stereocenters. The van der Waals surface area contributed by atoms with Crippen molar-refractivity contribution in [3.05, 3.63) is 34.9 Å². The molecule has 0 aromatic heterocycles. The van der Waals surface area contributed by atoms with Gasteiger partial charge in [0.2, 0.25) is 0 Å². The fourth-order valence-electron chi connectivity index (χ4n) is 2.74. The molecule has 1 aliphatic rings. The highest BCUT2D eigenvalue weighted by molar-refractivity contribution is 5.31. The minimum absolute atomic E-state index is 0.246. The Morgan fingerprint density at radius 3 is 2.39 bits per heavy atom. The van der Waals surface area contributed by atoms with E-state index in [4.69, 9.17) is 5.26 Å². The van der Waals surface area contributed by atoms with Crippen molar-refractivity contribution in [2.24, 2.45) is 0 Å². The molecule has 96 valence electrons. The van der Waals surface area contributed by atoms with E-state index in [1.165, 1.54) is 16.7 Å². The topological polar surface area (TPSA) is 39.1 Å². The van der Waals surface area contributed by atoms with E-state index in [2.05, 4.69) is 48.3 Å². The van der Waals surface area contributed by atoms with Crippen molar-refractivity contribution >= 4 is 0 Å². The van der Waals surface area contributed by atoms with E-state index in [1.54, 1.807) is 0 Å². The molecule has 0 aliphatic carbocycles. The van der Waals surface area contributed by atoms with Crippen LogP contribution >= 0.6 is 0 Å². The lowest BCUT2D eigenvalue weighted by atomic mass is 9.98. The van der Waals surface area contributed by atoms with Gasteiger partial charge in [0, 0.05) is 32.2 Å². The molecular weight excluding hydrogens is 222 g/mol. The van der Waals surface area contributed by atoms with Gasteiger partial charge in [-0.1, -0.05) is 29.3 Å². The van der Waals surface area contributed by atoms with E-state index in [1.807, 2.05) is 0 Å². The first-order valence-electron chi connectivity index (χ1n) is 6.60. The zero-order valence-electron chi connectivity index (χ0n) is 11.2. The van der Waals surface area contributed by atoms with Gasteiger partial charge < -0.3 is 5.32 Å². The van der Waals surface area contributed by atoms with Gasteiger partial charge in [-0.2, -0.15) is 5.26 Å². The average molecular weight is 243 g/mol. The van der Waals surface area contributed by atoms with Gasteiger partial charge in [0.15, 0.2) is 0 Å². The van der Waals surface area contributed by atoms with E-state index < -0.39 is 0 Å². The molecule has 0 bridgehead atoms. The number of nitrogens with one attached hydrogen (secondary N) is 1. The molecule has 2 rings (SSSR count). The third kappa shape index (κ3) is 3.10. The third-order valence-electron chi connectivity index (χ3n) is 3.51. The first-order chi connectivity index (χ1) is 8.70. The second-order valence-corrected chi connectivity index (χ2v) is 5.09. The van der Waals surface area contributed by atoms with Crippen LogP contribution in [0.3, 0.4) is 0 Å². The van der Waals surface area contributed by atoms with Crippen LogP contribution in [-0.4, -0.2) is 31.1 Å². The summed E-state index contributed by atoms with van der Waals surface area (Å²) in [5.74, 6) is 0. The van der Waals surface area contributed by atoms with Crippen LogP contribution in [0.5, 0.6) is 0 Å². The van der Waals surface area contributed by atoms with Crippen LogP contribution < -0.4 is 5.32 Å². The normalized spacial score (nSPS) is 18.3. The van der Waals surface area contributed by atoms with Gasteiger partial charge >= 0.3 is 0 Å². The average Bonchev–Trinajstić information content (AvgIpc) is 2.36. The summed E-state index contributed by atoms with van der Waals surface area (Å²) in [7, 11) is 0. The molecule has 3 nitrogen and oxygen atoms in total. The summed E-state index contributed by atoms with van der Waals surface area (Å²) >= 11 is 0. The summed E-state index contributed by atoms with van der Waals surface area (Å²) in [5.41, 5.74) is 3.85. The lowest BCUT2D eigenvalue weighted by Gasteiger charge is -2.34. The Hall–Kier alpha value is -1.37. The molecule has 1 atom stereocenters. The predicted molar refractivity (Wildman–Crippen MR) is 73.3 cm³/mol. The van der Waals surface area contributed by atoms with Gasteiger partial charge in [-0.3, -0.25) is 4.90 Å². The summed E-state index contributed by atoms with van der Waals surface area (Å²) in [6, 6.07) is 9.21. The van der Waals surface area contributed by atoms with Crippen LogP contribution in [-0.2, 0) is 0 Å². The molecule has 0 spiro atoms. The Balaban J connectivity index is 2.25. The molecular formula is C15H21N3. The van der Waals surface area contributed by atoms with Crippen molar-refractivity contribution in [3.8, 4) is 6.07 Å². The van der Waals surface area contributed by atoms with Gasteiger partial charge in [-0.05, 0) is 19.4 Å². The van der Waals surface area contributed by atoms with E-state index in [9.17, 15) is 0 Å². The summed E-state index contributed by atoms with van der Waals surface area (Å²) in [6.07, 6.45) is 0.572. The van der Waals surface area contributed by atoms with Crippen LogP contribution in [0.25, 0.3) is 0 Å². The standard InChI is InChI=1S/C15H21N3/c1-12-9-13(2)11-14(10-12)15(3-4-16)18-7-5-17-6-8-18/h9-11,15,17H,3,5-8H2,1-2H3/t15-/m0/s1. The molecule has 18 heavy (non-hydrogen) atoms.